The number of nitrogens with two attached hydrogens (primary N) is 1. The van der Waals surface area contributed by atoms with Crippen LogP contribution in [0.25, 0.3) is 11.3 Å². The number of amides is 2. The molecule has 3 heterocycles. The fourth-order valence-corrected chi connectivity index (χ4v) is 7.26. The van der Waals surface area contributed by atoms with E-state index in [0.29, 0.717) is 11.6 Å². The summed E-state index contributed by atoms with van der Waals surface area (Å²) >= 11 is 13.4. The van der Waals surface area contributed by atoms with Crippen LogP contribution in [0.15, 0.2) is 71.2 Å². The van der Waals surface area contributed by atoms with E-state index in [2.05, 4.69) is 21.8 Å². The van der Waals surface area contributed by atoms with Crippen LogP contribution in [0.1, 0.15) is 95.3 Å². The van der Waals surface area contributed by atoms with Gasteiger partial charge in [-0.05, 0) is 79.4 Å². The number of rotatable bonds is 13. The molecule has 2 amide bonds. The summed E-state index contributed by atoms with van der Waals surface area (Å²) in [7, 11) is 0. The first-order chi connectivity index (χ1) is 26.2. The third-order valence-corrected chi connectivity index (χ3v) is 10.4. The van der Waals surface area contributed by atoms with Gasteiger partial charge in [0.25, 0.3) is 12.3 Å². The van der Waals surface area contributed by atoms with Crippen molar-refractivity contribution >= 4 is 46.7 Å². The van der Waals surface area contributed by atoms with Gasteiger partial charge < -0.3 is 15.8 Å². The minimum absolute atomic E-state index is 0.0357. The summed E-state index contributed by atoms with van der Waals surface area (Å²) in [6, 6.07) is 3.02. The van der Waals surface area contributed by atoms with Crippen molar-refractivity contribution in [1.29, 1.82) is 0 Å². The number of nitrogens with one attached hydrogen (secondary N) is 1. The van der Waals surface area contributed by atoms with E-state index >= 15 is 0 Å². The van der Waals surface area contributed by atoms with E-state index in [0.717, 1.165) is 34.3 Å². The van der Waals surface area contributed by atoms with Gasteiger partial charge in [0.05, 0.1) is 29.0 Å². The Balaban J connectivity index is 1.39. The Morgan fingerprint density at radius 2 is 1.89 bits per heavy atom. The molecule has 6 rings (SSSR count). The molecule has 12 nitrogen and oxygen atoms in total. The van der Waals surface area contributed by atoms with Crippen molar-refractivity contribution < 1.29 is 36.3 Å². The molecule has 0 spiro atoms. The van der Waals surface area contributed by atoms with Crippen LogP contribution >= 0.6 is 23.2 Å². The molecule has 0 bridgehead atoms. The number of aliphatic imine (C=N–C) groups is 1. The Labute approximate surface area is 329 Å². The maximum atomic E-state index is 15.0. The Hall–Kier alpha value is -4.77. The zero-order chi connectivity index (χ0) is 41.0. The third-order valence-electron chi connectivity index (χ3n) is 9.79. The predicted octanol–water partition coefficient (Wildman–Crippen LogP) is 8.37. The molecule has 1 aliphatic heterocycles. The minimum atomic E-state index is -4.73. The normalized spacial score (nSPS) is 20.7. The highest BCUT2D eigenvalue weighted by atomic mass is 35.5. The zero-order valence-electron chi connectivity index (χ0n) is 30.9. The van der Waals surface area contributed by atoms with Gasteiger partial charge in [0.15, 0.2) is 17.3 Å². The van der Waals surface area contributed by atoms with Crippen LogP contribution < -0.4 is 11.1 Å². The lowest BCUT2D eigenvalue weighted by Gasteiger charge is -2.35. The molecule has 2 atom stereocenters. The molecule has 3 aromatic rings. The summed E-state index contributed by atoms with van der Waals surface area (Å²) in [5.74, 6) is -1.79. The van der Waals surface area contributed by atoms with Crippen molar-refractivity contribution in [1.82, 2.24) is 34.8 Å². The molecule has 0 saturated heterocycles. The summed E-state index contributed by atoms with van der Waals surface area (Å²) in [5, 5.41) is 10.4. The average molecular weight is 825 g/mol. The number of halogens is 7. The number of ether oxygens (including phenoxy) is 1. The number of allylic oxidation sites excluding steroid dienone is 3. The first-order valence-corrected chi connectivity index (χ1v) is 18.4. The quantitative estimate of drug-likeness (QED) is 0.130. The van der Waals surface area contributed by atoms with E-state index in [1.807, 2.05) is 37.0 Å². The smallest absolute Gasteiger partial charge is 0.411 e. The maximum Gasteiger partial charge on any atom is 0.411 e. The van der Waals surface area contributed by atoms with Crippen molar-refractivity contribution in [3.05, 3.63) is 88.2 Å². The molecule has 2 aliphatic carbocycles. The lowest BCUT2D eigenvalue weighted by atomic mass is 9.75. The van der Waals surface area contributed by atoms with E-state index < -0.39 is 59.6 Å². The number of alkyl halides is 5. The van der Waals surface area contributed by atoms with Crippen molar-refractivity contribution in [3.8, 4) is 5.69 Å². The second-order valence-corrected chi connectivity index (χ2v) is 16.1. The number of hydrogen-bond donors (Lipinski definition) is 2. The Bertz CT molecular complexity index is 2130. The van der Waals surface area contributed by atoms with Gasteiger partial charge in [-0.15, -0.1) is 0 Å². The first kappa shape index (κ1) is 40.9. The Morgan fingerprint density at radius 3 is 2.48 bits per heavy atom. The number of alkyl carbamates (subject to hydrolysis) is 1. The third kappa shape index (κ3) is 8.06. The van der Waals surface area contributed by atoms with Crippen LogP contribution in [0.5, 0.6) is 0 Å². The second-order valence-electron chi connectivity index (χ2n) is 15.3. The first-order valence-electron chi connectivity index (χ1n) is 17.7. The fraction of sp³-hybridized carbons (Fsp3) is 0.459. The molecule has 3 aliphatic rings. The van der Waals surface area contributed by atoms with Crippen molar-refractivity contribution in [2.45, 2.75) is 95.6 Å². The molecular formula is C37H40Cl2F5N9O3. The summed E-state index contributed by atoms with van der Waals surface area (Å²) < 4.78 is 76.9. The van der Waals surface area contributed by atoms with E-state index in [1.165, 1.54) is 24.3 Å². The molecule has 56 heavy (non-hydrogen) atoms. The van der Waals surface area contributed by atoms with E-state index in [1.54, 1.807) is 19.2 Å². The lowest BCUT2D eigenvalue weighted by Crippen LogP contribution is -2.50. The molecular weight excluding hydrogens is 784 g/mol. The fourth-order valence-electron chi connectivity index (χ4n) is 6.71. The number of guanidine groups is 1. The highest BCUT2D eigenvalue weighted by molar-refractivity contribution is 6.37. The van der Waals surface area contributed by atoms with Gasteiger partial charge in [0, 0.05) is 16.8 Å². The molecule has 1 aromatic carbocycles. The Kier molecular flexibility index (Phi) is 10.9. The van der Waals surface area contributed by atoms with Crippen LogP contribution in [0.2, 0.25) is 5.02 Å². The van der Waals surface area contributed by atoms with Gasteiger partial charge in [-0.25, -0.2) is 28.2 Å². The van der Waals surface area contributed by atoms with E-state index in [9.17, 15) is 31.5 Å². The number of carbonyl (C=O) groups is 2. The molecule has 0 radical (unpaired) electrons. The summed E-state index contributed by atoms with van der Waals surface area (Å²) in [5.41, 5.74) is 3.37. The van der Waals surface area contributed by atoms with Gasteiger partial charge >= 0.3 is 12.3 Å². The van der Waals surface area contributed by atoms with Gasteiger partial charge in [-0.2, -0.15) is 23.4 Å². The average Bonchev–Trinajstić information content (AvgIpc) is 3.98. The molecule has 19 heteroatoms. The monoisotopic (exact) mass is 823 g/mol. The van der Waals surface area contributed by atoms with Crippen molar-refractivity contribution in [2.75, 3.05) is 6.61 Å². The number of aromatic nitrogens is 5. The summed E-state index contributed by atoms with van der Waals surface area (Å²) in [6.45, 7) is 10.9. The zero-order valence-corrected chi connectivity index (χ0v) is 32.4. The number of nitrogens with zero attached hydrogens (tertiary/aromatic N) is 7. The van der Waals surface area contributed by atoms with Gasteiger partial charge in [-0.1, -0.05) is 62.7 Å². The van der Waals surface area contributed by atoms with Crippen LogP contribution in [-0.4, -0.2) is 71.3 Å². The highest BCUT2D eigenvalue weighted by Gasteiger charge is 2.64. The van der Waals surface area contributed by atoms with Gasteiger partial charge in [0.2, 0.25) is 0 Å². The largest absolute Gasteiger partial charge is 0.447 e. The minimum Gasteiger partial charge on any atom is -0.447 e. The second kappa shape index (κ2) is 15.0. The van der Waals surface area contributed by atoms with Crippen LogP contribution in [0.3, 0.4) is 0 Å². The molecule has 2 saturated carbocycles. The van der Waals surface area contributed by atoms with Crippen molar-refractivity contribution in [2.24, 2.45) is 16.1 Å². The van der Waals surface area contributed by atoms with Crippen LogP contribution in [0, 0.1) is 5.41 Å². The summed E-state index contributed by atoms with van der Waals surface area (Å²) in [6.07, 6.45) is 0.0708. The number of carbonyl (C=O) groups excluding carboxylic acids is 2. The highest BCUT2D eigenvalue weighted by Crippen LogP contribution is 2.49. The molecule has 300 valence electrons. The molecule has 0 unspecified atom stereocenters. The summed E-state index contributed by atoms with van der Waals surface area (Å²) in [4.78, 5) is 37.3. The topological polar surface area (TPSA) is 146 Å². The molecule has 2 aromatic heterocycles. The van der Waals surface area contributed by atoms with Crippen LogP contribution in [-0.2, 0) is 9.53 Å². The van der Waals surface area contributed by atoms with E-state index in [4.69, 9.17) is 38.7 Å². The van der Waals surface area contributed by atoms with Gasteiger partial charge in [-0.3, -0.25) is 14.4 Å². The van der Waals surface area contributed by atoms with Gasteiger partial charge in [0.1, 0.15) is 18.5 Å². The number of hydrogen-bond acceptors (Lipinski definition) is 8. The lowest BCUT2D eigenvalue weighted by molar-refractivity contribution is -0.164. The van der Waals surface area contributed by atoms with Crippen molar-refractivity contribution in [3.63, 3.8) is 0 Å². The standard InChI is InChI=1S/C37H40Cl2F5N9O3/c1-6-24(22-15-47-51(16-22)23-8-9-23)26(39)13-20(2)36(18-34(3,4)5)31(54)52(32(45)49-36)28(17-56-33(55)50-35(11-12-35)37(42,43)44)21-7-10-25(38)27(14-21)53-30(29(40)41)46-19-48-53/h6-7,10,13-16,19,23,28-29H,2,8-9,11-12,17-18H2,1,3-5H3,(H2,45,49)(H,50,55)/b24-6-,26-13+/t28-,36-/m1/s1. The van der Waals surface area contributed by atoms with E-state index in [-0.39, 0.29) is 52.1 Å². The van der Waals surface area contributed by atoms with Crippen LogP contribution in [0.4, 0.5) is 26.7 Å². The number of benzene rings is 1. The Morgan fingerprint density at radius 1 is 1.20 bits per heavy atom. The molecule has 2 fully saturated rings. The molecule has 3 N–H and O–H groups in total. The SMILES string of the molecule is C=C(/C=C(Cl)\C(=C/C)c1cnn(C2CC2)c1)[C@@]1(CC(C)(C)C)N=C(N)N([C@H](COC(=O)NC2(C(F)(F)F)CC2)c2ccc(Cl)c(-n3ncnc3C(F)F)c2)C1=O. The maximum absolute atomic E-state index is 15.0. The predicted molar refractivity (Wildman–Crippen MR) is 199 cm³/mol.